The molecular formula is C22H24N6S. The average Bonchev–Trinajstić information content (AvgIpc) is 3.38. The maximum absolute atomic E-state index is 6.24. The van der Waals surface area contributed by atoms with E-state index in [9.17, 15) is 0 Å². The molecule has 1 fully saturated rings. The fraction of sp³-hybridized carbons (Fsp3) is 0.318. The minimum absolute atomic E-state index is 0.479. The van der Waals surface area contributed by atoms with Gasteiger partial charge in [0.05, 0.1) is 23.3 Å². The standard InChI is InChI=1S/C22H24N6S/c1-29-22-26-19-20(17-6-2-3-7-18(17)25-21(19)23)28(22)13-15-8-9-16(24-12-15)14-27-10-4-5-11-27/h2-3,6-9,12H,4-5,10-11,13-14H2,1H3,(H2,23,25). The molecule has 0 amide bonds. The number of nitrogens with two attached hydrogens (primary N) is 1. The van der Waals surface area contributed by atoms with E-state index in [1.165, 1.54) is 25.9 Å². The molecule has 148 valence electrons. The third kappa shape index (κ3) is 3.45. The molecule has 1 aromatic carbocycles. The van der Waals surface area contributed by atoms with Crippen molar-refractivity contribution >= 4 is 39.5 Å². The number of hydrogen-bond donors (Lipinski definition) is 1. The maximum Gasteiger partial charge on any atom is 0.169 e. The van der Waals surface area contributed by atoms with E-state index in [2.05, 4.69) is 32.7 Å². The summed E-state index contributed by atoms with van der Waals surface area (Å²) in [6, 6.07) is 12.4. The van der Waals surface area contributed by atoms with Gasteiger partial charge in [0.15, 0.2) is 11.0 Å². The molecule has 0 aliphatic carbocycles. The van der Waals surface area contributed by atoms with E-state index in [0.29, 0.717) is 12.4 Å². The van der Waals surface area contributed by atoms with Crippen molar-refractivity contribution in [2.24, 2.45) is 0 Å². The Morgan fingerprint density at radius 3 is 2.62 bits per heavy atom. The molecule has 6 nitrogen and oxygen atoms in total. The first-order valence-corrected chi connectivity index (χ1v) is 11.2. The summed E-state index contributed by atoms with van der Waals surface area (Å²) in [5, 5.41) is 2.01. The molecule has 1 saturated heterocycles. The van der Waals surface area contributed by atoms with Gasteiger partial charge in [0.2, 0.25) is 0 Å². The molecule has 1 aliphatic heterocycles. The van der Waals surface area contributed by atoms with Gasteiger partial charge in [-0.3, -0.25) is 9.88 Å². The number of para-hydroxylation sites is 1. The van der Waals surface area contributed by atoms with Crippen LogP contribution in [-0.4, -0.2) is 43.8 Å². The van der Waals surface area contributed by atoms with Crippen molar-refractivity contribution < 1.29 is 0 Å². The predicted molar refractivity (Wildman–Crippen MR) is 119 cm³/mol. The molecule has 0 unspecified atom stereocenters. The zero-order chi connectivity index (χ0) is 19.8. The number of aromatic nitrogens is 4. The topological polar surface area (TPSA) is 72.9 Å². The van der Waals surface area contributed by atoms with Gasteiger partial charge in [0.25, 0.3) is 0 Å². The van der Waals surface area contributed by atoms with E-state index in [1.54, 1.807) is 11.8 Å². The molecule has 4 heterocycles. The number of nitrogen functional groups attached to an aromatic ring is 1. The minimum Gasteiger partial charge on any atom is -0.382 e. The predicted octanol–water partition coefficient (Wildman–Crippen LogP) is 3.93. The van der Waals surface area contributed by atoms with Crippen LogP contribution in [0.5, 0.6) is 0 Å². The van der Waals surface area contributed by atoms with Gasteiger partial charge in [-0.2, -0.15) is 0 Å². The van der Waals surface area contributed by atoms with Crippen molar-refractivity contribution in [3.05, 3.63) is 53.9 Å². The summed E-state index contributed by atoms with van der Waals surface area (Å²) in [5.74, 6) is 0.479. The van der Waals surface area contributed by atoms with Gasteiger partial charge in [-0.1, -0.05) is 36.0 Å². The third-order valence-corrected chi connectivity index (χ3v) is 6.25. The first kappa shape index (κ1) is 18.4. The lowest BCUT2D eigenvalue weighted by Crippen LogP contribution is -2.19. The number of anilines is 1. The summed E-state index contributed by atoms with van der Waals surface area (Å²) in [6.07, 6.45) is 6.64. The number of likely N-dealkylation sites (tertiary alicyclic amines) is 1. The molecule has 7 heteroatoms. The summed E-state index contributed by atoms with van der Waals surface area (Å²) < 4.78 is 2.23. The Labute approximate surface area is 174 Å². The van der Waals surface area contributed by atoms with Crippen LogP contribution >= 0.6 is 11.8 Å². The Balaban J connectivity index is 1.52. The molecule has 4 aromatic rings. The Hall–Kier alpha value is -2.64. The normalized spacial score (nSPS) is 14.9. The highest BCUT2D eigenvalue weighted by Crippen LogP contribution is 2.32. The van der Waals surface area contributed by atoms with Crippen LogP contribution in [0.15, 0.2) is 47.8 Å². The molecule has 5 rings (SSSR count). The number of rotatable bonds is 5. The lowest BCUT2D eigenvalue weighted by atomic mass is 10.1. The molecule has 3 aromatic heterocycles. The number of hydrogen-bond acceptors (Lipinski definition) is 6. The molecule has 0 bridgehead atoms. The summed E-state index contributed by atoms with van der Waals surface area (Å²) in [4.78, 5) is 16.5. The van der Waals surface area contributed by atoms with Gasteiger partial charge >= 0.3 is 0 Å². The van der Waals surface area contributed by atoms with Gasteiger partial charge in [-0.25, -0.2) is 9.97 Å². The van der Waals surface area contributed by atoms with Crippen LogP contribution in [0, 0.1) is 0 Å². The lowest BCUT2D eigenvalue weighted by Gasteiger charge is -2.14. The second kappa shape index (κ2) is 7.65. The van der Waals surface area contributed by atoms with Crippen LogP contribution in [0.25, 0.3) is 21.9 Å². The zero-order valence-electron chi connectivity index (χ0n) is 16.5. The number of fused-ring (bicyclic) bond motifs is 3. The minimum atomic E-state index is 0.479. The summed E-state index contributed by atoms with van der Waals surface area (Å²) in [6.45, 7) is 4.02. The summed E-state index contributed by atoms with van der Waals surface area (Å²) in [5.41, 5.74) is 11.2. The fourth-order valence-corrected chi connectivity index (χ4v) is 4.69. The van der Waals surface area contributed by atoms with E-state index in [0.717, 1.165) is 44.9 Å². The van der Waals surface area contributed by atoms with Crippen LogP contribution in [0.3, 0.4) is 0 Å². The lowest BCUT2D eigenvalue weighted by molar-refractivity contribution is 0.327. The molecule has 2 N–H and O–H groups in total. The monoisotopic (exact) mass is 404 g/mol. The molecule has 0 radical (unpaired) electrons. The molecule has 0 saturated carbocycles. The van der Waals surface area contributed by atoms with Crippen molar-refractivity contribution in [2.45, 2.75) is 31.1 Å². The SMILES string of the molecule is CSc1nc2c(N)nc3ccccc3c2n1Cc1ccc(CN2CCCC2)nc1. The van der Waals surface area contributed by atoms with Crippen molar-refractivity contribution in [1.82, 2.24) is 24.4 Å². The second-order valence-electron chi connectivity index (χ2n) is 7.54. The summed E-state index contributed by atoms with van der Waals surface area (Å²) >= 11 is 1.62. The summed E-state index contributed by atoms with van der Waals surface area (Å²) in [7, 11) is 0. The van der Waals surface area contributed by atoms with Crippen LogP contribution in [-0.2, 0) is 13.1 Å². The van der Waals surface area contributed by atoms with Crippen molar-refractivity contribution in [3.63, 3.8) is 0 Å². The highest BCUT2D eigenvalue weighted by molar-refractivity contribution is 7.98. The Morgan fingerprint density at radius 1 is 1.03 bits per heavy atom. The molecule has 0 atom stereocenters. The van der Waals surface area contributed by atoms with Crippen molar-refractivity contribution in [2.75, 3.05) is 25.1 Å². The average molecular weight is 405 g/mol. The number of nitrogens with zero attached hydrogens (tertiary/aromatic N) is 5. The van der Waals surface area contributed by atoms with Gasteiger partial charge in [-0.05, 0) is 49.9 Å². The van der Waals surface area contributed by atoms with E-state index < -0.39 is 0 Å². The largest absolute Gasteiger partial charge is 0.382 e. The second-order valence-corrected chi connectivity index (χ2v) is 8.31. The Kier molecular flexibility index (Phi) is 4.85. The van der Waals surface area contributed by atoms with E-state index in [4.69, 9.17) is 15.7 Å². The number of imidazole rings is 1. The van der Waals surface area contributed by atoms with Crippen LogP contribution in [0.1, 0.15) is 24.1 Å². The van der Waals surface area contributed by atoms with Crippen LogP contribution in [0.2, 0.25) is 0 Å². The maximum atomic E-state index is 6.24. The molecule has 29 heavy (non-hydrogen) atoms. The van der Waals surface area contributed by atoms with Gasteiger partial charge in [-0.15, -0.1) is 0 Å². The van der Waals surface area contributed by atoms with Crippen LogP contribution in [0.4, 0.5) is 5.82 Å². The van der Waals surface area contributed by atoms with E-state index in [-0.39, 0.29) is 0 Å². The third-order valence-electron chi connectivity index (χ3n) is 5.57. The molecule has 0 spiro atoms. The first-order valence-electron chi connectivity index (χ1n) is 9.97. The van der Waals surface area contributed by atoms with Gasteiger partial charge < -0.3 is 10.3 Å². The van der Waals surface area contributed by atoms with E-state index in [1.807, 2.05) is 30.7 Å². The van der Waals surface area contributed by atoms with Gasteiger partial charge in [0.1, 0.15) is 5.52 Å². The zero-order valence-corrected chi connectivity index (χ0v) is 17.3. The molecular weight excluding hydrogens is 380 g/mol. The highest BCUT2D eigenvalue weighted by Gasteiger charge is 2.17. The smallest absolute Gasteiger partial charge is 0.169 e. The first-order chi connectivity index (χ1) is 14.2. The number of benzene rings is 1. The quantitative estimate of drug-likeness (QED) is 0.508. The van der Waals surface area contributed by atoms with Crippen molar-refractivity contribution in [3.8, 4) is 0 Å². The highest BCUT2D eigenvalue weighted by atomic mass is 32.2. The van der Waals surface area contributed by atoms with Crippen molar-refractivity contribution in [1.29, 1.82) is 0 Å². The Morgan fingerprint density at radius 2 is 1.86 bits per heavy atom. The Bertz CT molecular complexity index is 1160. The van der Waals surface area contributed by atoms with E-state index >= 15 is 0 Å². The fourth-order valence-electron chi connectivity index (χ4n) is 4.14. The molecule has 1 aliphatic rings. The number of thioether (sulfide) groups is 1. The van der Waals surface area contributed by atoms with Gasteiger partial charge in [0, 0.05) is 18.1 Å². The van der Waals surface area contributed by atoms with Crippen LogP contribution < -0.4 is 5.73 Å². The number of pyridine rings is 2.